The van der Waals surface area contributed by atoms with Crippen molar-refractivity contribution in [2.45, 2.75) is 6.54 Å². The molecule has 2 heterocycles. The van der Waals surface area contributed by atoms with E-state index in [1.165, 1.54) is 11.3 Å². The van der Waals surface area contributed by atoms with Gasteiger partial charge in [0.05, 0.1) is 23.9 Å². The summed E-state index contributed by atoms with van der Waals surface area (Å²) in [4.78, 5) is 21.3. The largest absolute Gasteiger partial charge is 0.497 e. The fourth-order valence-electron chi connectivity index (χ4n) is 2.49. The lowest BCUT2D eigenvalue weighted by Crippen LogP contribution is -2.22. The van der Waals surface area contributed by atoms with E-state index in [1.54, 1.807) is 23.8 Å². The average molecular weight is 381 g/mol. The maximum absolute atomic E-state index is 12.4. The number of rotatable bonds is 5. The van der Waals surface area contributed by atoms with E-state index in [0.29, 0.717) is 12.2 Å². The maximum atomic E-state index is 12.4. The second kappa shape index (κ2) is 7.23. The molecule has 2 aromatic heterocycles. The third kappa shape index (κ3) is 3.44. The van der Waals surface area contributed by atoms with Gasteiger partial charge < -0.3 is 10.1 Å². The van der Waals surface area contributed by atoms with Gasteiger partial charge >= 0.3 is 0 Å². The molecule has 0 aliphatic carbocycles. The summed E-state index contributed by atoms with van der Waals surface area (Å²) in [6, 6.07) is 15.6. The van der Waals surface area contributed by atoms with Crippen molar-refractivity contribution >= 4 is 38.8 Å². The molecule has 0 aliphatic rings. The number of aromatic nitrogens is 2. The minimum atomic E-state index is -0.194. The molecular formula is C19H15N3O2S2. The molecule has 0 atom stereocenters. The van der Waals surface area contributed by atoms with E-state index in [-0.39, 0.29) is 5.91 Å². The number of amides is 1. The highest BCUT2D eigenvalue weighted by molar-refractivity contribution is 7.18. The van der Waals surface area contributed by atoms with Crippen LogP contribution in [0.2, 0.25) is 0 Å². The number of carbonyl (C=O) groups is 1. The van der Waals surface area contributed by atoms with Crippen molar-refractivity contribution in [2.75, 3.05) is 7.11 Å². The monoisotopic (exact) mass is 381 g/mol. The van der Waals surface area contributed by atoms with Crippen LogP contribution < -0.4 is 10.1 Å². The van der Waals surface area contributed by atoms with Gasteiger partial charge in [0.25, 0.3) is 5.91 Å². The highest BCUT2D eigenvalue weighted by atomic mass is 32.1. The molecule has 0 unspecified atom stereocenters. The van der Waals surface area contributed by atoms with Crippen LogP contribution in [0.3, 0.4) is 0 Å². The van der Waals surface area contributed by atoms with Crippen LogP contribution in [0, 0.1) is 0 Å². The minimum absolute atomic E-state index is 0.194. The summed E-state index contributed by atoms with van der Waals surface area (Å²) >= 11 is 3.03. The molecule has 0 aliphatic heterocycles. The molecule has 0 radical (unpaired) electrons. The molecule has 0 saturated carbocycles. The number of carbonyl (C=O) groups excluding carboxylic acids is 1. The van der Waals surface area contributed by atoms with Crippen molar-refractivity contribution in [3.63, 3.8) is 0 Å². The van der Waals surface area contributed by atoms with Crippen LogP contribution in [0.1, 0.15) is 15.5 Å². The number of fused-ring (bicyclic) bond motifs is 1. The van der Waals surface area contributed by atoms with Crippen molar-refractivity contribution in [2.24, 2.45) is 0 Å². The first kappa shape index (κ1) is 16.7. The van der Waals surface area contributed by atoms with Gasteiger partial charge in [0.15, 0.2) is 0 Å². The summed E-state index contributed by atoms with van der Waals surface area (Å²) in [6.07, 6.45) is 0. The fourth-order valence-corrected chi connectivity index (χ4v) is 4.20. The maximum Gasteiger partial charge on any atom is 0.271 e. The van der Waals surface area contributed by atoms with Gasteiger partial charge in [-0.15, -0.1) is 22.7 Å². The molecule has 0 spiro atoms. The molecule has 0 fully saturated rings. The first-order valence-electron chi connectivity index (χ1n) is 7.95. The molecule has 1 N–H and O–H groups in total. The second-order valence-electron chi connectivity index (χ2n) is 5.52. The number of hydrogen-bond acceptors (Lipinski definition) is 6. The van der Waals surface area contributed by atoms with Gasteiger partial charge in [0, 0.05) is 10.9 Å². The van der Waals surface area contributed by atoms with Gasteiger partial charge in [0.1, 0.15) is 21.5 Å². The Morgan fingerprint density at radius 2 is 1.92 bits per heavy atom. The predicted octanol–water partition coefficient (Wildman–Crippen LogP) is 4.36. The molecule has 5 nitrogen and oxygen atoms in total. The minimum Gasteiger partial charge on any atom is -0.497 e. The smallest absolute Gasteiger partial charge is 0.271 e. The summed E-state index contributed by atoms with van der Waals surface area (Å²) in [6.45, 7) is 0.396. The Hall–Kier alpha value is -2.77. The lowest BCUT2D eigenvalue weighted by Gasteiger charge is -2.01. The van der Waals surface area contributed by atoms with Gasteiger partial charge in [-0.25, -0.2) is 9.97 Å². The van der Waals surface area contributed by atoms with E-state index >= 15 is 0 Å². The van der Waals surface area contributed by atoms with E-state index < -0.39 is 0 Å². The van der Waals surface area contributed by atoms with Crippen LogP contribution >= 0.6 is 22.7 Å². The third-order valence-electron chi connectivity index (χ3n) is 3.81. The number of benzene rings is 2. The van der Waals surface area contributed by atoms with Crippen molar-refractivity contribution in [3.8, 4) is 16.3 Å². The zero-order valence-corrected chi connectivity index (χ0v) is 15.6. The van der Waals surface area contributed by atoms with Crippen LogP contribution in [-0.2, 0) is 6.54 Å². The molecule has 7 heteroatoms. The third-order valence-corrected chi connectivity index (χ3v) is 5.74. The summed E-state index contributed by atoms with van der Waals surface area (Å²) in [5.41, 5.74) is 2.33. The SMILES string of the molecule is COc1ccc(-c2nc(C(=O)NCc3nc4ccccc4s3)cs2)cc1. The molecule has 4 rings (SSSR count). The van der Waals surface area contributed by atoms with Gasteiger partial charge in [-0.1, -0.05) is 12.1 Å². The Bertz CT molecular complexity index is 1020. The van der Waals surface area contributed by atoms with Crippen molar-refractivity contribution < 1.29 is 9.53 Å². The number of nitrogens with one attached hydrogen (secondary N) is 1. The first-order chi connectivity index (χ1) is 12.7. The van der Waals surface area contributed by atoms with Crippen LogP contribution in [0.4, 0.5) is 0 Å². The summed E-state index contributed by atoms with van der Waals surface area (Å²) < 4.78 is 6.28. The van der Waals surface area contributed by atoms with E-state index in [2.05, 4.69) is 15.3 Å². The van der Waals surface area contributed by atoms with Crippen LogP contribution in [0.5, 0.6) is 5.75 Å². The molecule has 1 amide bonds. The number of nitrogens with zero attached hydrogens (tertiary/aromatic N) is 2. The molecule has 26 heavy (non-hydrogen) atoms. The van der Waals surface area contributed by atoms with Crippen LogP contribution in [0.15, 0.2) is 53.9 Å². The Kier molecular flexibility index (Phi) is 4.64. The van der Waals surface area contributed by atoms with Crippen molar-refractivity contribution in [1.29, 1.82) is 0 Å². The van der Waals surface area contributed by atoms with Crippen LogP contribution in [0.25, 0.3) is 20.8 Å². The van der Waals surface area contributed by atoms with Gasteiger partial charge in [-0.05, 0) is 36.4 Å². The molecule has 0 saturated heterocycles. The zero-order chi connectivity index (χ0) is 17.9. The molecule has 0 bridgehead atoms. The molecule has 4 aromatic rings. The van der Waals surface area contributed by atoms with Gasteiger partial charge in [-0.3, -0.25) is 4.79 Å². The fraction of sp³-hybridized carbons (Fsp3) is 0.105. The Labute approximate surface area is 158 Å². The highest BCUT2D eigenvalue weighted by Crippen LogP contribution is 2.26. The van der Waals surface area contributed by atoms with E-state index in [9.17, 15) is 4.79 Å². The topological polar surface area (TPSA) is 64.1 Å². The van der Waals surface area contributed by atoms with Gasteiger partial charge in [0.2, 0.25) is 0 Å². The number of thiazole rings is 2. The number of ether oxygens (including phenoxy) is 1. The number of hydrogen-bond donors (Lipinski definition) is 1. The normalized spacial score (nSPS) is 10.8. The zero-order valence-electron chi connectivity index (χ0n) is 13.9. The predicted molar refractivity (Wildman–Crippen MR) is 105 cm³/mol. The second-order valence-corrected chi connectivity index (χ2v) is 7.50. The van der Waals surface area contributed by atoms with Crippen molar-refractivity contribution in [1.82, 2.24) is 15.3 Å². The average Bonchev–Trinajstić information content (AvgIpc) is 3.33. The lowest BCUT2D eigenvalue weighted by molar-refractivity contribution is 0.0946. The lowest BCUT2D eigenvalue weighted by atomic mass is 10.2. The molecular weight excluding hydrogens is 366 g/mol. The Morgan fingerprint density at radius 3 is 2.69 bits per heavy atom. The number of methoxy groups -OCH3 is 1. The van der Waals surface area contributed by atoms with E-state index in [4.69, 9.17) is 4.74 Å². The summed E-state index contributed by atoms with van der Waals surface area (Å²) in [5, 5.41) is 6.35. The van der Waals surface area contributed by atoms with Crippen LogP contribution in [-0.4, -0.2) is 23.0 Å². The van der Waals surface area contributed by atoms with Gasteiger partial charge in [-0.2, -0.15) is 0 Å². The standard InChI is InChI=1S/C19H15N3O2S2/c1-24-13-8-6-12(7-9-13)19-22-15(11-25-19)18(23)20-10-17-21-14-4-2-3-5-16(14)26-17/h2-9,11H,10H2,1H3,(H,20,23). The van der Waals surface area contributed by atoms with E-state index in [1.807, 2.05) is 48.5 Å². The Morgan fingerprint density at radius 1 is 1.12 bits per heavy atom. The summed E-state index contributed by atoms with van der Waals surface area (Å²) in [5.74, 6) is 0.597. The highest BCUT2D eigenvalue weighted by Gasteiger charge is 2.13. The van der Waals surface area contributed by atoms with E-state index in [0.717, 1.165) is 31.5 Å². The first-order valence-corrected chi connectivity index (χ1v) is 9.65. The number of para-hydroxylation sites is 1. The quantitative estimate of drug-likeness (QED) is 0.558. The molecule has 2 aromatic carbocycles. The Balaban J connectivity index is 1.44. The summed E-state index contributed by atoms with van der Waals surface area (Å²) in [7, 11) is 1.63. The van der Waals surface area contributed by atoms with Crippen molar-refractivity contribution in [3.05, 3.63) is 64.6 Å². The molecule has 130 valence electrons.